The van der Waals surface area contributed by atoms with Gasteiger partial charge < -0.3 is 20.4 Å². The molecule has 3 rings (SSSR count). The maximum absolute atomic E-state index is 12.4. The Bertz CT molecular complexity index is 1100. The molecule has 0 unspecified atom stereocenters. The second kappa shape index (κ2) is 10.1. The van der Waals surface area contributed by atoms with E-state index in [1.54, 1.807) is 24.3 Å². The quantitative estimate of drug-likeness (QED) is 0.495. The molecule has 1 heterocycles. The van der Waals surface area contributed by atoms with Crippen molar-refractivity contribution in [3.05, 3.63) is 65.0 Å². The van der Waals surface area contributed by atoms with Crippen LogP contribution in [0, 0.1) is 13.8 Å². The molecule has 0 aliphatic heterocycles. The number of aromatic nitrogens is 3. The molecule has 0 saturated heterocycles. The van der Waals surface area contributed by atoms with Crippen LogP contribution in [0.4, 0.5) is 5.69 Å². The van der Waals surface area contributed by atoms with Crippen molar-refractivity contribution in [3.8, 4) is 5.75 Å². The Kier molecular flexibility index (Phi) is 7.30. The lowest BCUT2D eigenvalue weighted by molar-refractivity contribution is -0.113. The summed E-state index contributed by atoms with van der Waals surface area (Å²) in [7, 11) is 0. The highest BCUT2D eigenvalue weighted by atomic mass is 32.2. The van der Waals surface area contributed by atoms with Crippen molar-refractivity contribution < 1.29 is 14.3 Å². The number of primary amides is 1. The summed E-state index contributed by atoms with van der Waals surface area (Å²) in [5.41, 5.74) is 8.25. The number of rotatable bonds is 9. The first kappa shape index (κ1) is 22.4. The Labute approximate surface area is 185 Å². The van der Waals surface area contributed by atoms with Crippen molar-refractivity contribution >= 4 is 29.3 Å². The summed E-state index contributed by atoms with van der Waals surface area (Å²) in [6.07, 6.45) is 0. The minimum atomic E-state index is -0.595. The van der Waals surface area contributed by atoms with Crippen LogP contribution in [0.2, 0.25) is 0 Å². The van der Waals surface area contributed by atoms with Crippen LogP contribution in [0.1, 0.15) is 34.2 Å². The van der Waals surface area contributed by atoms with Gasteiger partial charge in [-0.05, 0) is 44.5 Å². The number of nitrogens with one attached hydrogen (secondary N) is 1. The summed E-state index contributed by atoms with van der Waals surface area (Å²) >= 11 is 1.27. The van der Waals surface area contributed by atoms with Crippen molar-refractivity contribution in [2.75, 3.05) is 11.1 Å². The van der Waals surface area contributed by atoms with Crippen LogP contribution in [-0.2, 0) is 17.9 Å². The number of hydrogen-bond donors (Lipinski definition) is 2. The lowest BCUT2D eigenvalue weighted by Crippen LogP contribution is -2.19. The summed E-state index contributed by atoms with van der Waals surface area (Å²) in [5, 5.41) is 11.8. The van der Waals surface area contributed by atoms with Gasteiger partial charge in [0, 0.05) is 6.54 Å². The maximum Gasteiger partial charge on any atom is 0.250 e. The Hall–Kier alpha value is -3.33. The maximum atomic E-state index is 12.4. The van der Waals surface area contributed by atoms with Crippen LogP contribution < -0.4 is 15.8 Å². The van der Waals surface area contributed by atoms with E-state index in [2.05, 4.69) is 21.6 Å². The van der Waals surface area contributed by atoms with Gasteiger partial charge in [0.1, 0.15) is 12.4 Å². The van der Waals surface area contributed by atoms with Gasteiger partial charge in [-0.15, -0.1) is 10.2 Å². The fraction of sp³-hybridized carbons (Fsp3) is 0.273. The number of nitrogens with two attached hydrogens (primary N) is 1. The second-order valence-corrected chi connectivity index (χ2v) is 7.89. The average molecular weight is 440 g/mol. The second-order valence-electron chi connectivity index (χ2n) is 6.95. The molecule has 0 radical (unpaired) electrons. The van der Waals surface area contributed by atoms with E-state index in [0.717, 1.165) is 11.3 Å². The first-order valence-corrected chi connectivity index (χ1v) is 10.8. The number of thioether (sulfide) groups is 1. The Balaban J connectivity index is 1.62. The number of hydrogen-bond acceptors (Lipinski definition) is 6. The lowest BCUT2D eigenvalue weighted by Gasteiger charge is -2.11. The first-order chi connectivity index (χ1) is 14.9. The van der Waals surface area contributed by atoms with E-state index in [-0.39, 0.29) is 23.8 Å². The smallest absolute Gasteiger partial charge is 0.250 e. The summed E-state index contributed by atoms with van der Waals surface area (Å²) in [5.74, 6) is 0.742. The van der Waals surface area contributed by atoms with Crippen molar-refractivity contribution in [2.45, 2.75) is 39.1 Å². The molecule has 162 valence electrons. The van der Waals surface area contributed by atoms with Gasteiger partial charge in [0.2, 0.25) is 5.91 Å². The third-order valence-electron chi connectivity index (χ3n) is 4.60. The van der Waals surface area contributed by atoms with Gasteiger partial charge in [0.05, 0.1) is 17.0 Å². The molecule has 0 aliphatic rings. The third-order valence-corrected chi connectivity index (χ3v) is 5.56. The van der Waals surface area contributed by atoms with Crippen molar-refractivity contribution in [1.82, 2.24) is 14.8 Å². The molecule has 0 atom stereocenters. The number of aryl methyl sites for hydroxylation is 2. The molecule has 31 heavy (non-hydrogen) atoms. The zero-order valence-electron chi connectivity index (χ0n) is 17.7. The van der Waals surface area contributed by atoms with Gasteiger partial charge in [-0.25, -0.2) is 0 Å². The Morgan fingerprint density at radius 1 is 1.16 bits per heavy atom. The lowest BCUT2D eigenvalue weighted by atomic mass is 10.1. The highest BCUT2D eigenvalue weighted by Gasteiger charge is 2.15. The molecule has 0 saturated carbocycles. The molecule has 2 aromatic carbocycles. The van der Waals surface area contributed by atoms with Crippen LogP contribution in [0.15, 0.2) is 47.6 Å². The van der Waals surface area contributed by atoms with Crippen molar-refractivity contribution in [3.63, 3.8) is 0 Å². The highest BCUT2D eigenvalue weighted by molar-refractivity contribution is 7.99. The molecule has 1 aromatic heterocycles. The molecule has 0 spiro atoms. The average Bonchev–Trinajstić information content (AvgIpc) is 3.13. The summed E-state index contributed by atoms with van der Waals surface area (Å²) in [4.78, 5) is 23.9. The molecule has 0 fully saturated rings. The SMILES string of the molecule is CCn1c(COc2ccc(C)cc2C)nnc1SCC(=O)Nc1ccccc1C(N)=O. The number of benzene rings is 2. The van der Waals surface area contributed by atoms with Gasteiger partial charge in [-0.2, -0.15) is 0 Å². The number of para-hydroxylation sites is 1. The molecule has 0 bridgehead atoms. The van der Waals surface area contributed by atoms with Crippen LogP contribution in [0.5, 0.6) is 5.75 Å². The molecule has 2 amide bonds. The van der Waals surface area contributed by atoms with E-state index in [0.29, 0.717) is 23.2 Å². The van der Waals surface area contributed by atoms with Crippen LogP contribution in [0.25, 0.3) is 0 Å². The predicted molar refractivity (Wildman–Crippen MR) is 120 cm³/mol. The Morgan fingerprint density at radius 2 is 1.94 bits per heavy atom. The summed E-state index contributed by atoms with van der Waals surface area (Å²) in [6.45, 7) is 6.95. The Morgan fingerprint density at radius 3 is 2.65 bits per heavy atom. The standard InChI is InChI=1S/C22H25N5O3S/c1-4-27-19(12-30-18-10-9-14(2)11-15(18)3)25-26-22(27)31-13-20(28)24-17-8-6-5-7-16(17)21(23)29/h5-11H,4,12-13H2,1-3H3,(H2,23,29)(H,24,28). The molecule has 8 nitrogen and oxygen atoms in total. The van der Waals surface area contributed by atoms with Gasteiger partial charge in [0.25, 0.3) is 5.91 Å². The van der Waals surface area contributed by atoms with E-state index in [9.17, 15) is 9.59 Å². The largest absolute Gasteiger partial charge is 0.485 e. The number of amides is 2. The zero-order valence-corrected chi connectivity index (χ0v) is 18.5. The number of ether oxygens (including phenoxy) is 1. The monoisotopic (exact) mass is 439 g/mol. The highest BCUT2D eigenvalue weighted by Crippen LogP contribution is 2.22. The zero-order chi connectivity index (χ0) is 22.4. The fourth-order valence-corrected chi connectivity index (χ4v) is 3.90. The van der Waals surface area contributed by atoms with Gasteiger partial charge >= 0.3 is 0 Å². The number of carbonyl (C=O) groups is 2. The van der Waals surface area contributed by atoms with Crippen LogP contribution in [0.3, 0.4) is 0 Å². The van der Waals surface area contributed by atoms with Crippen molar-refractivity contribution in [1.29, 1.82) is 0 Å². The summed E-state index contributed by atoms with van der Waals surface area (Å²) in [6, 6.07) is 12.6. The van der Waals surface area contributed by atoms with Gasteiger partial charge in [0.15, 0.2) is 11.0 Å². The van der Waals surface area contributed by atoms with E-state index >= 15 is 0 Å². The fourth-order valence-electron chi connectivity index (χ4n) is 3.08. The first-order valence-electron chi connectivity index (χ1n) is 9.82. The van der Waals surface area contributed by atoms with Gasteiger partial charge in [-0.1, -0.05) is 41.6 Å². The van der Waals surface area contributed by atoms with Crippen LogP contribution in [-0.4, -0.2) is 32.3 Å². The van der Waals surface area contributed by atoms with E-state index < -0.39 is 5.91 Å². The van der Waals surface area contributed by atoms with Crippen LogP contribution >= 0.6 is 11.8 Å². The normalized spacial score (nSPS) is 10.7. The third kappa shape index (κ3) is 5.64. The molecule has 3 N–H and O–H groups in total. The minimum Gasteiger partial charge on any atom is -0.485 e. The van der Waals surface area contributed by atoms with E-state index in [4.69, 9.17) is 10.5 Å². The van der Waals surface area contributed by atoms with E-state index in [1.165, 1.54) is 17.3 Å². The van der Waals surface area contributed by atoms with E-state index in [1.807, 2.05) is 37.5 Å². The molecular weight excluding hydrogens is 414 g/mol. The minimum absolute atomic E-state index is 0.114. The molecule has 3 aromatic rings. The number of nitrogens with zero attached hydrogens (tertiary/aromatic N) is 3. The predicted octanol–water partition coefficient (Wildman–Crippen LogP) is 3.32. The number of carbonyl (C=O) groups excluding carboxylic acids is 2. The number of anilines is 1. The molecule has 9 heteroatoms. The van der Waals surface area contributed by atoms with Crippen molar-refractivity contribution in [2.24, 2.45) is 5.73 Å². The van der Waals surface area contributed by atoms with Gasteiger partial charge in [-0.3, -0.25) is 9.59 Å². The topological polar surface area (TPSA) is 112 Å². The summed E-state index contributed by atoms with van der Waals surface area (Å²) < 4.78 is 7.83. The molecule has 0 aliphatic carbocycles. The molecular formula is C22H25N5O3S.